The number of ether oxygens (including phenoxy) is 1. The minimum atomic E-state index is -3.70. The number of halogens is 3. The van der Waals surface area contributed by atoms with Crippen LogP contribution in [0.3, 0.4) is 0 Å². The van der Waals surface area contributed by atoms with Crippen LogP contribution in [0.5, 0.6) is 0 Å². The van der Waals surface area contributed by atoms with Crippen molar-refractivity contribution < 1.29 is 22.7 Å². The number of likely N-dealkylation sites (N-methyl/N-ethyl adjacent to an activating group) is 1. The second kappa shape index (κ2) is 14.1. The third-order valence-electron chi connectivity index (χ3n) is 8.51. The summed E-state index contributed by atoms with van der Waals surface area (Å²) >= 11 is 18.6. The molecule has 2 fully saturated rings. The maximum absolute atomic E-state index is 13.9. The molecule has 0 aliphatic carbocycles. The standard InChI is InChI=1S/C32H34Cl3N3O5S/c1-36(31(39)23-7-10-25(33)11-8-23)30-15-18-38(20-27(30)24-9-12-28(34)29(35)19-24)44(41,42)26-13-16-37(17-14-26)32(40)43-21-22-5-3-2-4-6-22/h2-12,19,26-27,30H,13-18,20-21H2,1H3/t27-,30+/m0/s1. The number of carbonyl (C=O) groups is 2. The molecule has 0 radical (unpaired) electrons. The SMILES string of the molecule is CN(C(=O)c1ccc(Cl)cc1)[C@@H]1CCN(S(=O)(=O)C2CCN(C(=O)OCc3ccccc3)CC2)C[C@H]1c1ccc(Cl)c(Cl)c1. The molecule has 44 heavy (non-hydrogen) atoms. The minimum absolute atomic E-state index is 0.165. The Morgan fingerprint density at radius 2 is 1.57 bits per heavy atom. The first-order valence-corrected chi connectivity index (χ1v) is 17.1. The van der Waals surface area contributed by atoms with E-state index < -0.39 is 21.4 Å². The van der Waals surface area contributed by atoms with Gasteiger partial charge in [0.15, 0.2) is 0 Å². The molecule has 3 aromatic rings. The van der Waals surface area contributed by atoms with Crippen molar-refractivity contribution in [3.05, 3.63) is 105 Å². The van der Waals surface area contributed by atoms with Gasteiger partial charge < -0.3 is 14.5 Å². The molecule has 0 N–H and O–H groups in total. The predicted octanol–water partition coefficient (Wildman–Crippen LogP) is 6.71. The Bertz CT molecular complexity index is 1580. The van der Waals surface area contributed by atoms with E-state index in [9.17, 15) is 18.0 Å². The van der Waals surface area contributed by atoms with Crippen molar-refractivity contribution in [1.29, 1.82) is 0 Å². The Morgan fingerprint density at radius 1 is 0.886 bits per heavy atom. The van der Waals surface area contributed by atoms with Gasteiger partial charge in [-0.3, -0.25) is 4.79 Å². The van der Waals surface area contributed by atoms with Gasteiger partial charge in [-0.05, 0) is 66.8 Å². The highest BCUT2D eigenvalue weighted by Crippen LogP contribution is 2.36. The van der Waals surface area contributed by atoms with Crippen molar-refractivity contribution in [2.24, 2.45) is 0 Å². The Labute approximate surface area is 273 Å². The van der Waals surface area contributed by atoms with E-state index in [1.807, 2.05) is 36.4 Å². The Kier molecular flexibility index (Phi) is 10.4. The molecular formula is C32H34Cl3N3O5S. The average molecular weight is 679 g/mol. The van der Waals surface area contributed by atoms with Crippen LogP contribution in [-0.2, 0) is 21.4 Å². The molecule has 0 saturated carbocycles. The number of amides is 2. The van der Waals surface area contributed by atoms with Gasteiger partial charge >= 0.3 is 6.09 Å². The van der Waals surface area contributed by atoms with Crippen LogP contribution in [0, 0.1) is 0 Å². The van der Waals surface area contributed by atoms with Crippen LogP contribution in [0.15, 0.2) is 72.8 Å². The van der Waals surface area contributed by atoms with E-state index >= 15 is 0 Å². The highest BCUT2D eigenvalue weighted by Gasteiger charge is 2.42. The number of nitrogens with zero attached hydrogens (tertiary/aromatic N) is 3. The van der Waals surface area contributed by atoms with Crippen molar-refractivity contribution in [3.8, 4) is 0 Å². The molecular weight excluding hydrogens is 645 g/mol. The lowest BCUT2D eigenvalue weighted by atomic mass is 9.85. The molecule has 2 heterocycles. The number of carbonyl (C=O) groups excluding carboxylic acids is 2. The van der Waals surface area contributed by atoms with Gasteiger partial charge in [0, 0.05) is 55.8 Å². The highest BCUT2D eigenvalue weighted by molar-refractivity contribution is 7.89. The molecule has 0 unspecified atom stereocenters. The molecule has 0 bridgehead atoms. The summed E-state index contributed by atoms with van der Waals surface area (Å²) < 4.78 is 34.9. The van der Waals surface area contributed by atoms with Crippen molar-refractivity contribution in [3.63, 3.8) is 0 Å². The van der Waals surface area contributed by atoms with Gasteiger partial charge in [-0.25, -0.2) is 17.5 Å². The third kappa shape index (κ3) is 7.35. The summed E-state index contributed by atoms with van der Waals surface area (Å²) in [5, 5.41) is 0.666. The highest BCUT2D eigenvalue weighted by atomic mass is 35.5. The van der Waals surface area contributed by atoms with Gasteiger partial charge in [0.1, 0.15) is 6.61 Å². The summed E-state index contributed by atoms with van der Waals surface area (Å²) in [4.78, 5) is 29.3. The van der Waals surface area contributed by atoms with Crippen molar-refractivity contribution in [2.45, 2.75) is 43.1 Å². The van der Waals surface area contributed by atoms with Gasteiger partial charge in [0.25, 0.3) is 5.91 Å². The normalized spacial score (nSPS) is 19.9. The number of hydrogen-bond acceptors (Lipinski definition) is 5. The number of hydrogen-bond donors (Lipinski definition) is 0. The lowest BCUT2D eigenvalue weighted by Gasteiger charge is -2.44. The smallest absolute Gasteiger partial charge is 0.410 e. The van der Waals surface area contributed by atoms with Gasteiger partial charge in [-0.15, -0.1) is 0 Å². The molecule has 8 nitrogen and oxygen atoms in total. The van der Waals surface area contributed by atoms with Crippen molar-refractivity contribution in [2.75, 3.05) is 33.2 Å². The molecule has 0 aromatic heterocycles. The average Bonchev–Trinajstić information content (AvgIpc) is 3.05. The Hall–Kier alpha value is -2.82. The number of sulfonamides is 1. The summed E-state index contributed by atoms with van der Waals surface area (Å²) in [5.74, 6) is -0.526. The summed E-state index contributed by atoms with van der Waals surface area (Å²) in [5.41, 5.74) is 2.18. The van der Waals surface area contributed by atoms with E-state index in [1.165, 1.54) is 4.31 Å². The van der Waals surface area contributed by atoms with Crippen LogP contribution in [0.1, 0.15) is 46.7 Å². The minimum Gasteiger partial charge on any atom is -0.445 e. The second-order valence-electron chi connectivity index (χ2n) is 11.2. The van der Waals surface area contributed by atoms with Crippen LogP contribution in [-0.4, -0.2) is 79.0 Å². The van der Waals surface area contributed by atoms with Crippen LogP contribution in [0.25, 0.3) is 0 Å². The maximum atomic E-state index is 13.9. The lowest BCUT2D eigenvalue weighted by Crippen LogP contribution is -2.54. The first kappa shape index (κ1) is 32.6. The Morgan fingerprint density at radius 3 is 2.23 bits per heavy atom. The second-order valence-corrected chi connectivity index (χ2v) is 14.7. The fourth-order valence-corrected chi connectivity index (χ4v) is 8.37. The van der Waals surface area contributed by atoms with Crippen LogP contribution >= 0.6 is 34.8 Å². The summed E-state index contributed by atoms with van der Waals surface area (Å²) in [6.45, 7) is 1.20. The van der Waals surface area contributed by atoms with E-state index in [-0.39, 0.29) is 37.6 Å². The molecule has 2 aliphatic rings. The first-order valence-electron chi connectivity index (χ1n) is 14.5. The molecule has 2 amide bonds. The monoisotopic (exact) mass is 677 g/mol. The van der Waals surface area contributed by atoms with Crippen molar-refractivity contribution in [1.82, 2.24) is 14.1 Å². The summed E-state index contributed by atoms with van der Waals surface area (Å²) in [6, 6.07) is 21.1. The summed E-state index contributed by atoms with van der Waals surface area (Å²) in [6.07, 6.45) is 0.619. The molecule has 12 heteroatoms. The molecule has 5 rings (SSSR count). The number of piperidine rings is 2. The quantitative estimate of drug-likeness (QED) is 0.277. The van der Waals surface area contributed by atoms with E-state index in [4.69, 9.17) is 39.5 Å². The molecule has 234 valence electrons. The molecule has 0 spiro atoms. The van der Waals surface area contributed by atoms with Gasteiger partial charge in [0.05, 0.1) is 15.3 Å². The zero-order valence-electron chi connectivity index (χ0n) is 24.2. The number of likely N-dealkylation sites (tertiary alicyclic amines) is 1. The van der Waals surface area contributed by atoms with E-state index in [0.717, 1.165) is 11.1 Å². The Balaban J connectivity index is 1.28. The van der Waals surface area contributed by atoms with Gasteiger partial charge in [-0.2, -0.15) is 0 Å². The lowest BCUT2D eigenvalue weighted by molar-refractivity contribution is 0.0646. The van der Waals surface area contributed by atoms with Crippen LogP contribution < -0.4 is 0 Å². The zero-order valence-corrected chi connectivity index (χ0v) is 27.3. The van der Waals surface area contributed by atoms with Crippen LogP contribution in [0.4, 0.5) is 4.79 Å². The van der Waals surface area contributed by atoms with Crippen molar-refractivity contribution >= 4 is 56.8 Å². The van der Waals surface area contributed by atoms with Crippen LogP contribution in [0.2, 0.25) is 15.1 Å². The molecule has 3 aromatic carbocycles. The molecule has 2 saturated heterocycles. The van der Waals surface area contributed by atoms with E-state index in [0.29, 0.717) is 53.0 Å². The first-order chi connectivity index (χ1) is 21.0. The van der Waals surface area contributed by atoms with Gasteiger partial charge in [-0.1, -0.05) is 71.2 Å². The maximum Gasteiger partial charge on any atom is 0.410 e. The molecule has 2 aliphatic heterocycles. The topological polar surface area (TPSA) is 87.2 Å². The molecule has 2 atom stereocenters. The largest absolute Gasteiger partial charge is 0.445 e. The zero-order chi connectivity index (χ0) is 31.4. The van der Waals surface area contributed by atoms with E-state index in [1.54, 1.807) is 53.2 Å². The van der Waals surface area contributed by atoms with Gasteiger partial charge in [0.2, 0.25) is 10.0 Å². The fraction of sp³-hybridized carbons (Fsp3) is 0.375. The van der Waals surface area contributed by atoms with E-state index in [2.05, 4.69) is 0 Å². The number of rotatable bonds is 7. The number of benzene rings is 3. The fourth-order valence-electron chi connectivity index (χ4n) is 5.98. The predicted molar refractivity (Wildman–Crippen MR) is 173 cm³/mol. The third-order valence-corrected chi connectivity index (χ3v) is 11.9. The summed E-state index contributed by atoms with van der Waals surface area (Å²) in [7, 11) is -1.96.